The van der Waals surface area contributed by atoms with Crippen molar-refractivity contribution in [3.05, 3.63) is 70.1 Å². The number of nitrogens with one attached hydrogen (secondary N) is 1. The second kappa shape index (κ2) is 6.20. The molecule has 5 heteroatoms. The molecule has 0 aliphatic heterocycles. The Kier molecular flexibility index (Phi) is 4.13. The molecule has 0 saturated heterocycles. The molecular weight excluding hydrogens is 348 g/mol. The Morgan fingerprint density at radius 1 is 1.14 bits per heavy atom. The summed E-state index contributed by atoms with van der Waals surface area (Å²) < 4.78 is 0.776. The third-order valence-electron chi connectivity index (χ3n) is 2.92. The first-order valence-corrected chi connectivity index (χ1v) is 7.97. The van der Waals surface area contributed by atoms with Gasteiger partial charge in [-0.05, 0) is 40.2 Å². The van der Waals surface area contributed by atoms with Crippen LogP contribution in [0.1, 0.15) is 10.4 Å². The van der Waals surface area contributed by atoms with Crippen LogP contribution in [0.15, 0.2) is 64.6 Å². The molecule has 0 aliphatic rings. The van der Waals surface area contributed by atoms with Crippen LogP contribution in [0.3, 0.4) is 0 Å². The Hall–Kier alpha value is -1.98. The molecule has 0 radical (unpaired) electrons. The maximum Gasteiger partial charge on any atom is 0.256 e. The fourth-order valence-electron chi connectivity index (χ4n) is 1.94. The average Bonchev–Trinajstić information content (AvgIpc) is 3.02. The largest absolute Gasteiger partial charge is 0.322 e. The van der Waals surface area contributed by atoms with Crippen LogP contribution in [0.25, 0.3) is 10.6 Å². The van der Waals surface area contributed by atoms with Gasteiger partial charge < -0.3 is 5.32 Å². The molecule has 0 spiro atoms. The van der Waals surface area contributed by atoms with E-state index in [1.165, 1.54) is 0 Å². The summed E-state index contributed by atoms with van der Waals surface area (Å²) >= 11 is 4.96. The summed E-state index contributed by atoms with van der Waals surface area (Å²) in [6, 6.07) is 15.0. The number of hydrogen-bond acceptors (Lipinski definition) is 3. The highest BCUT2D eigenvalue weighted by atomic mass is 79.9. The topological polar surface area (TPSA) is 42.0 Å². The maximum atomic E-state index is 12.3. The van der Waals surface area contributed by atoms with E-state index in [1.807, 2.05) is 47.8 Å². The second-order valence-corrected chi connectivity index (χ2v) is 6.10. The molecular formula is C16H11BrN2OS. The van der Waals surface area contributed by atoms with E-state index in [0.29, 0.717) is 5.56 Å². The number of rotatable bonds is 3. The van der Waals surface area contributed by atoms with E-state index in [1.54, 1.807) is 23.6 Å². The monoisotopic (exact) mass is 358 g/mol. The number of hydrogen-bond donors (Lipinski definition) is 1. The van der Waals surface area contributed by atoms with Crippen molar-refractivity contribution in [3.63, 3.8) is 0 Å². The van der Waals surface area contributed by atoms with Gasteiger partial charge in [0.05, 0.1) is 5.56 Å². The van der Waals surface area contributed by atoms with Crippen molar-refractivity contribution in [2.75, 3.05) is 5.32 Å². The van der Waals surface area contributed by atoms with Crippen molar-refractivity contribution in [2.45, 2.75) is 0 Å². The molecule has 1 amide bonds. The van der Waals surface area contributed by atoms with E-state index in [0.717, 1.165) is 20.7 Å². The molecule has 1 aromatic heterocycles. The standard InChI is InChI=1S/C16H11BrN2OS/c17-14-7-2-1-6-13(14)15(20)19-12-5-3-4-11(10-12)16-18-8-9-21-16/h1-10H,(H,19,20). The summed E-state index contributed by atoms with van der Waals surface area (Å²) in [5, 5.41) is 5.78. The molecule has 104 valence electrons. The first-order chi connectivity index (χ1) is 10.2. The number of carbonyl (C=O) groups is 1. The number of benzene rings is 2. The molecule has 1 N–H and O–H groups in total. The van der Waals surface area contributed by atoms with Gasteiger partial charge in [0.2, 0.25) is 0 Å². The third kappa shape index (κ3) is 3.20. The van der Waals surface area contributed by atoms with Gasteiger partial charge in [-0.1, -0.05) is 24.3 Å². The highest BCUT2D eigenvalue weighted by Gasteiger charge is 2.10. The van der Waals surface area contributed by atoms with E-state index in [-0.39, 0.29) is 5.91 Å². The predicted octanol–water partition coefficient (Wildman–Crippen LogP) is 4.82. The van der Waals surface area contributed by atoms with Gasteiger partial charge in [-0.15, -0.1) is 11.3 Å². The Morgan fingerprint density at radius 3 is 2.76 bits per heavy atom. The summed E-state index contributed by atoms with van der Waals surface area (Å²) in [4.78, 5) is 16.6. The molecule has 3 aromatic rings. The average molecular weight is 359 g/mol. The Balaban J connectivity index is 1.84. The van der Waals surface area contributed by atoms with Crippen molar-refractivity contribution in [2.24, 2.45) is 0 Å². The SMILES string of the molecule is O=C(Nc1cccc(-c2nccs2)c1)c1ccccc1Br. The van der Waals surface area contributed by atoms with Gasteiger partial charge >= 0.3 is 0 Å². The van der Waals surface area contributed by atoms with Gasteiger partial charge in [0, 0.05) is 27.3 Å². The maximum absolute atomic E-state index is 12.3. The number of amides is 1. The van der Waals surface area contributed by atoms with Crippen LogP contribution in [-0.2, 0) is 0 Å². The molecule has 1 heterocycles. The summed E-state index contributed by atoms with van der Waals surface area (Å²) in [5.41, 5.74) is 2.36. The highest BCUT2D eigenvalue weighted by molar-refractivity contribution is 9.10. The van der Waals surface area contributed by atoms with E-state index in [4.69, 9.17) is 0 Å². The summed E-state index contributed by atoms with van der Waals surface area (Å²) in [6.45, 7) is 0. The van der Waals surface area contributed by atoms with Gasteiger partial charge in [-0.25, -0.2) is 4.98 Å². The molecule has 2 aromatic carbocycles. The van der Waals surface area contributed by atoms with Crippen molar-refractivity contribution in [1.82, 2.24) is 4.98 Å². The number of anilines is 1. The summed E-state index contributed by atoms with van der Waals surface area (Å²) in [5.74, 6) is -0.140. The number of aromatic nitrogens is 1. The smallest absolute Gasteiger partial charge is 0.256 e. The molecule has 0 fully saturated rings. The summed E-state index contributed by atoms with van der Waals surface area (Å²) in [7, 11) is 0. The first kappa shape index (κ1) is 14.0. The fourth-order valence-corrected chi connectivity index (χ4v) is 3.04. The van der Waals surface area contributed by atoms with Crippen LogP contribution in [0.2, 0.25) is 0 Å². The van der Waals surface area contributed by atoms with Crippen LogP contribution in [0.5, 0.6) is 0 Å². The minimum atomic E-state index is -0.140. The zero-order chi connectivity index (χ0) is 14.7. The zero-order valence-electron chi connectivity index (χ0n) is 10.9. The van der Waals surface area contributed by atoms with Crippen LogP contribution < -0.4 is 5.32 Å². The van der Waals surface area contributed by atoms with E-state index < -0.39 is 0 Å². The normalized spacial score (nSPS) is 10.3. The fraction of sp³-hybridized carbons (Fsp3) is 0. The molecule has 0 bridgehead atoms. The number of nitrogens with zero attached hydrogens (tertiary/aromatic N) is 1. The van der Waals surface area contributed by atoms with Crippen LogP contribution in [-0.4, -0.2) is 10.9 Å². The van der Waals surface area contributed by atoms with Crippen molar-refractivity contribution < 1.29 is 4.79 Å². The molecule has 0 aliphatic carbocycles. The number of thiazole rings is 1. The van der Waals surface area contributed by atoms with E-state index in [9.17, 15) is 4.79 Å². The molecule has 21 heavy (non-hydrogen) atoms. The molecule has 3 nitrogen and oxygen atoms in total. The lowest BCUT2D eigenvalue weighted by Crippen LogP contribution is -2.12. The third-order valence-corrected chi connectivity index (χ3v) is 4.43. The lowest BCUT2D eigenvalue weighted by molar-refractivity contribution is 0.102. The van der Waals surface area contributed by atoms with Gasteiger partial charge in [0.15, 0.2) is 0 Å². The van der Waals surface area contributed by atoms with Gasteiger partial charge in [0.1, 0.15) is 5.01 Å². The van der Waals surface area contributed by atoms with Gasteiger partial charge in [0.25, 0.3) is 5.91 Å². The van der Waals surface area contributed by atoms with E-state index >= 15 is 0 Å². The molecule has 0 unspecified atom stereocenters. The van der Waals surface area contributed by atoms with Gasteiger partial charge in [-0.3, -0.25) is 4.79 Å². The quantitative estimate of drug-likeness (QED) is 0.728. The van der Waals surface area contributed by atoms with E-state index in [2.05, 4.69) is 26.2 Å². The Bertz CT molecular complexity index is 771. The molecule has 0 saturated carbocycles. The number of carbonyl (C=O) groups excluding carboxylic acids is 1. The van der Waals surface area contributed by atoms with Gasteiger partial charge in [-0.2, -0.15) is 0 Å². The molecule has 0 atom stereocenters. The molecule has 3 rings (SSSR count). The Morgan fingerprint density at radius 2 is 2.00 bits per heavy atom. The zero-order valence-corrected chi connectivity index (χ0v) is 13.3. The Labute approximate surface area is 134 Å². The van der Waals surface area contributed by atoms with Crippen molar-refractivity contribution in [3.8, 4) is 10.6 Å². The van der Waals surface area contributed by atoms with Crippen LogP contribution in [0, 0.1) is 0 Å². The van der Waals surface area contributed by atoms with Crippen molar-refractivity contribution in [1.29, 1.82) is 0 Å². The van der Waals surface area contributed by atoms with Crippen molar-refractivity contribution >= 4 is 38.9 Å². The summed E-state index contributed by atoms with van der Waals surface area (Å²) in [6.07, 6.45) is 1.77. The minimum Gasteiger partial charge on any atom is -0.322 e. The number of halogens is 1. The second-order valence-electron chi connectivity index (χ2n) is 4.35. The first-order valence-electron chi connectivity index (χ1n) is 6.30. The predicted molar refractivity (Wildman–Crippen MR) is 89.6 cm³/mol. The lowest BCUT2D eigenvalue weighted by Gasteiger charge is -2.07. The van der Waals surface area contributed by atoms with Crippen LogP contribution >= 0.6 is 27.3 Å². The lowest BCUT2D eigenvalue weighted by atomic mass is 10.2. The highest BCUT2D eigenvalue weighted by Crippen LogP contribution is 2.25. The van der Waals surface area contributed by atoms with Crippen LogP contribution in [0.4, 0.5) is 5.69 Å². The minimum absolute atomic E-state index is 0.140.